The van der Waals surface area contributed by atoms with Crippen LogP contribution < -0.4 is 0 Å². The number of benzene rings is 1. The highest BCUT2D eigenvalue weighted by Gasteiger charge is 2.16. The smallest absolute Gasteiger partial charge is 0.0705 e. The second-order valence-corrected chi connectivity index (χ2v) is 12.5. The molecule has 0 saturated heterocycles. The van der Waals surface area contributed by atoms with Gasteiger partial charge in [-0.2, -0.15) is 0 Å². The molecule has 0 saturated carbocycles. The summed E-state index contributed by atoms with van der Waals surface area (Å²) in [5, 5.41) is 0. The molecule has 0 fully saturated rings. The molecule has 0 N–H and O–H groups in total. The third-order valence-electron chi connectivity index (χ3n) is 4.13. The van der Waals surface area contributed by atoms with E-state index in [9.17, 15) is 0 Å². The minimum atomic E-state index is -0.761. The van der Waals surface area contributed by atoms with Crippen LogP contribution in [0.1, 0.15) is 38.8 Å². The van der Waals surface area contributed by atoms with Gasteiger partial charge in [0.2, 0.25) is 0 Å². The van der Waals surface area contributed by atoms with Gasteiger partial charge >= 0.3 is 0 Å². The summed E-state index contributed by atoms with van der Waals surface area (Å²) in [4.78, 5) is 6.25. The lowest BCUT2D eigenvalue weighted by atomic mass is 9.99. The number of aromatic nitrogens is 1. The number of hydrogen-bond acceptors (Lipinski definition) is 1. The third kappa shape index (κ3) is 5.11. The van der Waals surface area contributed by atoms with Gasteiger partial charge in [-0.25, -0.2) is 10.0 Å². The summed E-state index contributed by atoms with van der Waals surface area (Å²) in [6.07, 6.45) is 11.5. The van der Waals surface area contributed by atoms with Crippen LogP contribution in [0.25, 0.3) is 11.3 Å². The SMILES string of the molecule is CC(C)Cc1ccc(-c2cc(CC(C)C)c(S(C)(C)C)cn2)cc1. The molecule has 0 aliphatic carbocycles. The van der Waals surface area contributed by atoms with E-state index in [4.69, 9.17) is 4.98 Å². The van der Waals surface area contributed by atoms with Gasteiger partial charge in [0, 0.05) is 16.7 Å². The Balaban J connectivity index is 2.37. The fourth-order valence-corrected chi connectivity index (χ4v) is 4.37. The number of rotatable bonds is 6. The second-order valence-electron chi connectivity index (χ2n) is 8.41. The van der Waals surface area contributed by atoms with Crippen LogP contribution in [-0.2, 0) is 12.8 Å². The molecule has 132 valence electrons. The van der Waals surface area contributed by atoms with Crippen molar-refractivity contribution in [2.45, 2.75) is 45.4 Å². The molecule has 2 rings (SSSR count). The van der Waals surface area contributed by atoms with Crippen molar-refractivity contribution in [1.29, 1.82) is 0 Å². The minimum Gasteiger partial charge on any atom is -0.255 e. The molecule has 24 heavy (non-hydrogen) atoms. The van der Waals surface area contributed by atoms with Gasteiger partial charge < -0.3 is 0 Å². The van der Waals surface area contributed by atoms with E-state index in [0.717, 1.165) is 18.5 Å². The Morgan fingerprint density at radius 1 is 0.875 bits per heavy atom. The first-order valence-corrected chi connectivity index (χ1v) is 11.8. The monoisotopic (exact) mass is 343 g/mol. The van der Waals surface area contributed by atoms with E-state index in [0.29, 0.717) is 11.8 Å². The summed E-state index contributed by atoms with van der Waals surface area (Å²) in [6.45, 7) is 9.12. The standard InChI is InChI=1S/C22H33NS/c1-16(2)12-18-8-10-19(11-9-18)21-14-20(13-17(3)4)22(15-23-21)24(5,6)7/h8-11,14-17H,12-13H2,1-7H3. The molecule has 0 radical (unpaired) electrons. The molecular weight excluding hydrogens is 310 g/mol. The van der Waals surface area contributed by atoms with E-state index in [1.807, 2.05) is 0 Å². The molecule has 2 heteroatoms. The zero-order valence-corrected chi connectivity index (χ0v) is 17.2. The van der Waals surface area contributed by atoms with E-state index < -0.39 is 10.0 Å². The third-order valence-corrected chi connectivity index (χ3v) is 5.82. The Kier molecular flexibility index (Phi) is 6.14. The maximum absolute atomic E-state index is 4.79. The summed E-state index contributed by atoms with van der Waals surface area (Å²) in [5.74, 6) is 1.36. The van der Waals surface area contributed by atoms with Crippen molar-refractivity contribution in [3.63, 3.8) is 0 Å². The normalized spacial score (nSPS) is 12.9. The summed E-state index contributed by atoms with van der Waals surface area (Å²) < 4.78 is 0. The summed E-state index contributed by atoms with van der Waals surface area (Å²) in [7, 11) is -0.761. The van der Waals surface area contributed by atoms with Gasteiger partial charge in [-0.05, 0) is 60.6 Å². The van der Waals surface area contributed by atoms with Gasteiger partial charge in [0.05, 0.1) is 5.69 Å². The molecule has 0 atom stereocenters. The van der Waals surface area contributed by atoms with Crippen LogP contribution in [0.4, 0.5) is 0 Å². The molecule has 1 nitrogen and oxygen atoms in total. The number of hydrogen-bond donors (Lipinski definition) is 0. The van der Waals surface area contributed by atoms with Gasteiger partial charge in [-0.1, -0.05) is 52.0 Å². The molecule has 1 heterocycles. The van der Waals surface area contributed by atoms with Crippen molar-refractivity contribution in [3.8, 4) is 11.3 Å². The Labute approximate surface area is 150 Å². The van der Waals surface area contributed by atoms with E-state index >= 15 is 0 Å². The molecular formula is C22H33NS. The van der Waals surface area contributed by atoms with Gasteiger partial charge in [0.15, 0.2) is 0 Å². The zero-order chi connectivity index (χ0) is 17.9. The zero-order valence-electron chi connectivity index (χ0n) is 16.4. The van der Waals surface area contributed by atoms with E-state index in [2.05, 4.69) is 83.0 Å². The summed E-state index contributed by atoms with van der Waals surface area (Å²) >= 11 is 0. The molecule has 0 aliphatic rings. The molecule has 1 aromatic heterocycles. The first-order valence-electron chi connectivity index (χ1n) is 8.93. The Morgan fingerprint density at radius 3 is 1.96 bits per heavy atom. The average Bonchev–Trinajstić information content (AvgIpc) is 2.45. The quantitative estimate of drug-likeness (QED) is 0.608. The largest absolute Gasteiger partial charge is 0.255 e. The van der Waals surface area contributed by atoms with E-state index in [-0.39, 0.29) is 0 Å². The maximum atomic E-state index is 4.79. The molecule has 1 aromatic carbocycles. The molecule has 0 unspecified atom stereocenters. The highest BCUT2D eigenvalue weighted by molar-refractivity contribution is 8.32. The maximum Gasteiger partial charge on any atom is 0.0705 e. The van der Waals surface area contributed by atoms with Crippen molar-refractivity contribution < 1.29 is 0 Å². The molecule has 0 aliphatic heterocycles. The minimum absolute atomic E-state index is 0.661. The lowest BCUT2D eigenvalue weighted by molar-refractivity contribution is 0.639. The van der Waals surface area contributed by atoms with Gasteiger partial charge in [-0.15, -0.1) is 0 Å². The number of pyridine rings is 1. The van der Waals surface area contributed by atoms with Crippen molar-refractivity contribution in [2.75, 3.05) is 18.8 Å². The molecule has 0 amide bonds. The lowest BCUT2D eigenvalue weighted by Gasteiger charge is -2.29. The predicted octanol–water partition coefficient (Wildman–Crippen LogP) is 6.20. The first kappa shape index (κ1) is 19.1. The summed E-state index contributed by atoms with van der Waals surface area (Å²) in [5.41, 5.74) is 5.22. The van der Waals surface area contributed by atoms with Crippen LogP contribution in [0.15, 0.2) is 41.4 Å². The topological polar surface area (TPSA) is 12.9 Å². The lowest BCUT2D eigenvalue weighted by Crippen LogP contribution is -2.04. The Hall–Kier alpha value is -1.28. The average molecular weight is 344 g/mol. The van der Waals surface area contributed by atoms with Crippen LogP contribution in [0.3, 0.4) is 0 Å². The number of nitrogens with zero attached hydrogens (tertiary/aromatic N) is 1. The fraction of sp³-hybridized carbons (Fsp3) is 0.500. The van der Waals surface area contributed by atoms with Crippen molar-refractivity contribution in [2.24, 2.45) is 11.8 Å². The van der Waals surface area contributed by atoms with E-state index in [1.165, 1.54) is 21.6 Å². The van der Waals surface area contributed by atoms with Gasteiger partial charge in [0.25, 0.3) is 0 Å². The molecule has 0 spiro atoms. The molecule has 0 bridgehead atoms. The van der Waals surface area contributed by atoms with Crippen molar-refractivity contribution in [3.05, 3.63) is 47.7 Å². The van der Waals surface area contributed by atoms with Crippen molar-refractivity contribution >= 4 is 10.0 Å². The predicted molar refractivity (Wildman–Crippen MR) is 110 cm³/mol. The van der Waals surface area contributed by atoms with Crippen molar-refractivity contribution in [1.82, 2.24) is 4.98 Å². The highest BCUT2D eigenvalue weighted by Crippen LogP contribution is 2.47. The Bertz CT molecular complexity index is 663. The molecule has 2 aromatic rings. The first-order chi connectivity index (χ1) is 11.2. The fourth-order valence-electron chi connectivity index (χ4n) is 3.08. The van der Waals surface area contributed by atoms with Crippen LogP contribution >= 0.6 is 10.0 Å². The van der Waals surface area contributed by atoms with E-state index in [1.54, 1.807) is 0 Å². The summed E-state index contributed by atoms with van der Waals surface area (Å²) in [6, 6.07) is 11.3. The van der Waals surface area contributed by atoms with Crippen LogP contribution in [-0.4, -0.2) is 23.8 Å². The van der Waals surface area contributed by atoms with Gasteiger partial charge in [-0.3, -0.25) is 4.98 Å². The van der Waals surface area contributed by atoms with Crippen LogP contribution in [0, 0.1) is 11.8 Å². The van der Waals surface area contributed by atoms with Crippen LogP contribution in [0.5, 0.6) is 0 Å². The van der Waals surface area contributed by atoms with Crippen LogP contribution in [0.2, 0.25) is 0 Å². The second kappa shape index (κ2) is 7.74. The highest BCUT2D eigenvalue weighted by atomic mass is 32.3. The Morgan fingerprint density at radius 2 is 1.46 bits per heavy atom. The van der Waals surface area contributed by atoms with Gasteiger partial charge in [0.1, 0.15) is 0 Å².